The largest absolute Gasteiger partial charge is 0.362 e. The van der Waals surface area contributed by atoms with Gasteiger partial charge >= 0.3 is 0 Å². The van der Waals surface area contributed by atoms with Crippen LogP contribution in [0.3, 0.4) is 0 Å². The molecule has 2 aliphatic rings. The third-order valence-corrected chi connectivity index (χ3v) is 4.68. The van der Waals surface area contributed by atoms with Crippen LogP contribution in [-0.4, -0.2) is 25.2 Å². The number of rotatable bonds is 4. The fourth-order valence-corrected chi connectivity index (χ4v) is 3.70. The molecule has 1 aromatic carbocycles. The molecule has 3 rings (SSSR count). The van der Waals surface area contributed by atoms with Crippen LogP contribution in [0.2, 0.25) is 0 Å². The van der Waals surface area contributed by atoms with Gasteiger partial charge in [-0.1, -0.05) is 25.5 Å². The lowest BCUT2D eigenvalue weighted by Crippen LogP contribution is -2.52. The van der Waals surface area contributed by atoms with E-state index >= 15 is 0 Å². The van der Waals surface area contributed by atoms with Gasteiger partial charge in [-0.15, -0.1) is 0 Å². The fraction of sp³-hybridized carbons (Fsp3) is 0.588. The molecule has 1 N–H and O–H groups in total. The normalized spacial score (nSPS) is 24.7. The van der Waals surface area contributed by atoms with Crippen molar-refractivity contribution >= 4 is 5.69 Å². The fourth-order valence-electron chi connectivity index (χ4n) is 3.70. The van der Waals surface area contributed by atoms with Crippen LogP contribution in [0.1, 0.15) is 43.7 Å². The molecule has 3 nitrogen and oxygen atoms in total. The molecule has 0 aliphatic carbocycles. The minimum Gasteiger partial charge on any atom is -0.362 e. The zero-order chi connectivity index (χ0) is 13.9. The van der Waals surface area contributed by atoms with Crippen molar-refractivity contribution in [3.63, 3.8) is 0 Å². The Kier molecular flexibility index (Phi) is 3.93. The highest BCUT2D eigenvalue weighted by Crippen LogP contribution is 2.37. The molecule has 3 heteroatoms. The predicted octanol–water partition coefficient (Wildman–Crippen LogP) is 2.84. The van der Waals surface area contributed by atoms with Gasteiger partial charge in [0.25, 0.3) is 0 Å². The monoisotopic (exact) mass is 269 g/mol. The second-order valence-electron chi connectivity index (χ2n) is 5.98. The number of fused-ring (bicyclic) bond motifs is 2. The maximum Gasteiger partial charge on any atom is 0.101 e. The number of para-hydroxylation sites is 1. The van der Waals surface area contributed by atoms with Crippen LogP contribution in [-0.2, 0) is 6.42 Å². The highest BCUT2D eigenvalue weighted by molar-refractivity contribution is 5.66. The van der Waals surface area contributed by atoms with E-state index in [-0.39, 0.29) is 0 Å². The Labute approximate surface area is 121 Å². The zero-order valence-electron chi connectivity index (χ0n) is 12.2. The van der Waals surface area contributed by atoms with Crippen molar-refractivity contribution in [2.24, 2.45) is 0 Å². The van der Waals surface area contributed by atoms with E-state index in [4.69, 9.17) is 0 Å². The first-order valence-corrected chi connectivity index (χ1v) is 7.86. The topological polar surface area (TPSA) is 39.1 Å². The molecule has 0 aromatic heterocycles. The molecule has 2 saturated heterocycles. The van der Waals surface area contributed by atoms with Gasteiger partial charge in [-0.25, -0.2) is 0 Å². The number of hydrogen-bond donors (Lipinski definition) is 1. The third kappa shape index (κ3) is 2.29. The standard InChI is InChI=1S/C17H23N3/c1-2-3-5-13-6-4-7-14(10-18)17(13)20-15-8-9-16(20)12-19-11-15/h4,6-7,15-16,19H,2-3,5,8-9,11-12H2,1H3. The number of benzene rings is 1. The van der Waals surface area contributed by atoms with Crippen molar-refractivity contribution in [3.05, 3.63) is 29.3 Å². The maximum absolute atomic E-state index is 9.50. The van der Waals surface area contributed by atoms with E-state index in [9.17, 15) is 5.26 Å². The molecular weight excluding hydrogens is 246 g/mol. The number of unbranched alkanes of at least 4 members (excludes halogenated alkanes) is 1. The first-order chi connectivity index (χ1) is 9.85. The average molecular weight is 269 g/mol. The summed E-state index contributed by atoms with van der Waals surface area (Å²) in [5.41, 5.74) is 3.46. The molecule has 106 valence electrons. The molecule has 2 bridgehead atoms. The molecule has 0 radical (unpaired) electrons. The number of nitriles is 1. The molecule has 20 heavy (non-hydrogen) atoms. The Bertz CT molecular complexity index is 501. The van der Waals surface area contributed by atoms with Crippen molar-refractivity contribution in [3.8, 4) is 6.07 Å². The van der Waals surface area contributed by atoms with E-state index in [1.807, 2.05) is 12.1 Å². The number of aryl methyl sites for hydroxylation is 1. The predicted molar refractivity (Wildman–Crippen MR) is 81.9 cm³/mol. The lowest BCUT2D eigenvalue weighted by Gasteiger charge is -2.39. The summed E-state index contributed by atoms with van der Waals surface area (Å²) in [6, 6.07) is 9.79. The maximum atomic E-state index is 9.50. The third-order valence-electron chi connectivity index (χ3n) is 4.68. The smallest absolute Gasteiger partial charge is 0.101 e. The number of hydrogen-bond acceptors (Lipinski definition) is 3. The van der Waals surface area contributed by atoms with E-state index < -0.39 is 0 Å². The van der Waals surface area contributed by atoms with Gasteiger partial charge in [0.05, 0.1) is 11.3 Å². The molecule has 0 amide bonds. The molecule has 2 fully saturated rings. The highest BCUT2D eigenvalue weighted by atomic mass is 15.3. The van der Waals surface area contributed by atoms with Gasteiger partial charge < -0.3 is 10.2 Å². The summed E-state index contributed by atoms with van der Waals surface area (Å²) < 4.78 is 0. The van der Waals surface area contributed by atoms with Crippen LogP contribution < -0.4 is 10.2 Å². The SMILES string of the molecule is CCCCc1cccc(C#N)c1N1C2CCC1CNC2. The minimum atomic E-state index is 0.573. The van der Waals surface area contributed by atoms with E-state index in [2.05, 4.69) is 29.3 Å². The van der Waals surface area contributed by atoms with Gasteiger partial charge in [-0.05, 0) is 37.3 Å². The van der Waals surface area contributed by atoms with Gasteiger partial charge in [0.2, 0.25) is 0 Å². The number of anilines is 1. The van der Waals surface area contributed by atoms with Gasteiger partial charge in [0, 0.05) is 25.2 Å². The van der Waals surface area contributed by atoms with E-state index in [1.165, 1.54) is 36.9 Å². The Morgan fingerprint density at radius 3 is 2.70 bits per heavy atom. The van der Waals surface area contributed by atoms with Crippen LogP contribution in [0.25, 0.3) is 0 Å². The quantitative estimate of drug-likeness (QED) is 0.913. The lowest BCUT2D eigenvalue weighted by molar-refractivity contribution is 0.483. The summed E-state index contributed by atoms with van der Waals surface area (Å²) in [5, 5.41) is 13.0. The van der Waals surface area contributed by atoms with Crippen molar-refractivity contribution < 1.29 is 0 Å². The van der Waals surface area contributed by atoms with Gasteiger partial charge in [-0.3, -0.25) is 0 Å². The number of nitrogens with one attached hydrogen (secondary N) is 1. The summed E-state index contributed by atoms with van der Waals surface area (Å²) in [5.74, 6) is 0. The second-order valence-corrected chi connectivity index (χ2v) is 5.98. The summed E-state index contributed by atoms with van der Waals surface area (Å²) in [6.45, 7) is 4.34. The average Bonchev–Trinajstić information content (AvgIpc) is 2.72. The van der Waals surface area contributed by atoms with Crippen LogP contribution >= 0.6 is 0 Å². The molecule has 0 spiro atoms. The van der Waals surface area contributed by atoms with Crippen LogP contribution in [0.4, 0.5) is 5.69 Å². The van der Waals surface area contributed by atoms with Gasteiger partial charge in [-0.2, -0.15) is 5.26 Å². The molecule has 2 atom stereocenters. The Morgan fingerprint density at radius 1 is 1.30 bits per heavy atom. The number of nitrogens with zero attached hydrogens (tertiary/aromatic N) is 2. The second kappa shape index (κ2) is 5.85. The van der Waals surface area contributed by atoms with Gasteiger partial charge in [0.15, 0.2) is 0 Å². The van der Waals surface area contributed by atoms with Crippen LogP contribution in [0, 0.1) is 11.3 Å². The first kappa shape index (κ1) is 13.5. The molecule has 2 heterocycles. The molecule has 1 aromatic rings. The van der Waals surface area contributed by atoms with E-state index in [0.717, 1.165) is 25.1 Å². The van der Waals surface area contributed by atoms with Gasteiger partial charge in [0.1, 0.15) is 6.07 Å². The van der Waals surface area contributed by atoms with Crippen LogP contribution in [0.5, 0.6) is 0 Å². The lowest BCUT2D eigenvalue weighted by atomic mass is 9.99. The Morgan fingerprint density at radius 2 is 2.05 bits per heavy atom. The molecule has 2 aliphatic heterocycles. The summed E-state index contributed by atoms with van der Waals surface area (Å²) >= 11 is 0. The van der Waals surface area contributed by atoms with E-state index in [0.29, 0.717) is 12.1 Å². The van der Waals surface area contributed by atoms with Crippen molar-refractivity contribution in [1.82, 2.24) is 5.32 Å². The number of piperazine rings is 1. The summed E-state index contributed by atoms with van der Waals surface area (Å²) in [4.78, 5) is 2.56. The summed E-state index contributed by atoms with van der Waals surface area (Å²) in [6.07, 6.45) is 5.99. The molecule has 2 unspecified atom stereocenters. The van der Waals surface area contributed by atoms with Crippen molar-refractivity contribution in [2.45, 2.75) is 51.1 Å². The molecule has 0 saturated carbocycles. The Balaban J connectivity index is 2.00. The molecular formula is C17H23N3. The minimum absolute atomic E-state index is 0.573. The first-order valence-electron chi connectivity index (χ1n) is 7.86. The summed E-state index contributed by atoms with van der Waals surface area (Å²) in [7, 11) is 0. The van der Waals surface area contributed by atoms with Crippen molar-refractivity contribution in [1.29, 1.82) is 5.26 Å². The highest BCUT2D eigenvalue weighted by Gasteiger charge is 2.38. The zero-order valence-corrected chi connectivity index (χ0v) is 12.2. The van der Waals surface area contributed by atoms with E-state index in [1.54, 1.807) is 0 Å². The van der Waals surface area contributed by atoms with Crippen molar-refractivity contribution in [2.75, 3.05) is 18.0 Å². The van der Waals surface area contributed by atoms with Crippen LogP contribution in [0.15, 0.2) is 18.2 Å². The Hall–Kier alpha value is -1.53.